The van der Waals surface area contributed by atoms with E-state index in [-0.39, 0.29) is 18.9 Å². The fourth-order valence-corrected chi connectivity index (χ4v) is 4.49. The molecule has 2 heterocycles. The van der Waals surface area contributed by atoms with Gasteiger partial charge in [-0.05, 0) is 71.3 Å². The number of carbonyl (C=O) groups is 2. The van der Waals surface area contributed by atoms with Crippen LogP contribution in [0.2, 0.25) is 0 Å². The Bertz CT molecular complexity index is 711. The molecule has 0 spiro atoms. The van der Waals surface area contributed by atoms with Gasteiger partial charge in [-0.3, -0.25) is 4.79 Å². The number of carbonyl (C=O) groups excluding carboxylic acids is 2. The molecule has 0 aromatic carbocycles. The van der Waals surface area contributed by atoms with Gasteiger partial charge in [0.05, 0.1) is 24.4 Å². The van der Waals surface area contributed by atoms with Crippen molar-refractivity contribution in [3.8, 4) is 0 Å². The van der Waals surface area contributed by atoms with Crippen LogP contribution in [0.1, 0.15) is 73.1 Å². The molecule has 2 aliphatic heterocycles. The standard InChI is InChI=1S/C24H38O7/c1-7-29-22(27)16(3)18-10-12-23(5,28)20-11-13-24(6,31-20)21(30-17(4)25)9-8-15(2)19(26)14-18/h8,18-21,26,28H,3,7,9-14H2,1-2,4-6H3/b15-8+/t18-,19-,20+,21+,23-,24+/m1/s1. The fourth-order valence-electron chi connectivity index (χ4n) is 4.49. The molecule has 7 nitrogen and oxygen atoms in total. The smallest absolute Gasteiger partial charge is 0.333 e. The first-order valence-electron chi connectivity index (χ1n) is 11.2. The molecule has 0 radical (unpaired) electrons. The highest BCUT2D eigenvalue weighted by Gasteiger charge is 2.49. The second-order valence-electron chi connectivity index (χ2n) is 9.33. The van der Waals surface area contributed by atoms with E-state index in [9.17, 15) is 19.8 Å². The van der Waals surface area contributed by atoms with Gasteiger partial charge in [0.1, 0.15) is 11.7 Å². The average molecular weight is 439 g/mol. The highest BCUT2D eigenvalue weighted by Crippen LogP contribution is 2.42. The summed E-state index contributed by atoms with van der Waals surface area (Å²) in [7, 11) is 0. The topological polar surface area (TPSA) is 102 Å². The SMILES string of the molecule is C=C(C(=O)OCC)[C@@H]1CC[C@@](C)(O)[C@@H]2CC[C@](C)(O2)[C@@H](OC(C)=O)C/C=C(\C)[C@H](O)C1. The molecule has 0 aromatic heterocycles. The van der Waals surface area contributed by atoms with Crippen LogP contribution < -0.4 is 0 Å². The van der Waals surface area contributed by atoms with E-state index in [4.69, 9.17) is 14.2 Å². The maximum atomic E-state index is 12.3. The van der Waals surface area contributed by atoms with E-state index in [1.54, 1.807) is 13.8 Å². The van der Waals surface area contributed by atoms with Gasteiger partial charge in [-0.25, -0.2) is 4.79 Å². The maximum Gasteiger partial charge on any atom is 0.333 e. The van der Waals surface area contributed by atoms with Crippen LogP contribution in [-0.4, -0.2) is 58.3 Å². The van der Waals surface area contributed by atoms with Crippen molar-refractivity contribution < 1.29 is 34.0 Å². The first-order chi connectivity index (χ1) is 14.4. The Morgan fingerprint density at radius 3 is 2.58 bits per heavy atom. The molecule has 0 aliphatic carbocycles. The summed E-state index contributed by atoms with van der Waals surface area (Å²) in [5, 5.41) is 22.0. The summed E-state index contributed by atoms with van der Waals surface area (Å²) in [5.41, 5.74) is -0.852. The minimum Gasteiger partial charge on any atom is -0.463 e. The Morgan fingerprint density at radius 2 is 1.97 bits per heavy atom. The van der Waals surface area contributed by atoms with Crippen molar-refractivity contribution in [3.05, 3.63) is 23.8 Å². The molecule has 176 valence electrons. The van der Waals surface area contributed by atoms with Crippen LogP contribution in [0.4, 0.5) is 0 Å². The third-order valence-electron chi connectivity index (χ3n) is 6.71. The summed E-state index contributed by atoms with van der Waals surface area (Å²) in [5.74, 6) is -1.22. The summed E-state index contributed by atoms with van der Waals surface area (Å²) in [6, 6.07) is 0. The number of rotatable bonds is 4. The van der Waals surface area contributed by atoms with Crippen molar-refractivity contribution in [2.24, 2.45) is 5.92 Å². The first kappa shape index (κ1) is 25.6. The molecule has 1 saturated heterocycles. The van der Waals surface area contributed by atoms with Gasteiger partial charge in [-0.1, -0.05) is 12.7 Å². The minimum atomic E-state index is -1.15. The Balaban J connectivity index is 2.36. The fraction of sp³-hybridized carbons (Fsp3) is 0.750. The Kier molecular flexibility index (Phi) is 8.47. The third kappa shape index (κ3) is 6.40. The molecule has 7 heteroatoms. The van der Waals surface area contributed by atoms with Crippen LogP contribution in [0.15, 0.2) is 23.8 Å². The lowest BCUT2D eigenvalue weighted by Gasteiger charge is -2.36. The monoisotopic (exact) mass is 438 g/mol. The third-order valence-corrected chi connectivity index (χ3v) is 6.71. The first-order valence-corrected chi connectivity index (χ1v) is 11.2. The van der Waals surface area contributed by atoms with Crippen LogP contribution in [0.25, 0.3) is 0 Å². The predicted octanol–water partition coefficient (Wildman–Crippen LogP) is 3.22. The van der Waals surface area contributed by atoms with Gasteiger partial charge >= 0.3 is 11.9 Å². The van der Waals surface area contributed by atoms with E-state index in [2.05, 4.69) is 6.58 Å². The van der Waals surface area contributed by atoms with Crippen molar-refractivity contribution in [1.29, 1.82) is 0 Å². The highest BCUT2D eigenvalue weighted by atomic mass is 16.6. The summed E-state index contributed by atoms with van der Waals surface area (Å²) < 4.78 is 17.0. The Labute approximate surface area is 185 Å². The van der Waals surface area contributed by atoms with Crippen molar-refractivity contribution in [2.75, 3.05) is 6.61 Å². The quantitative estimate of drug-likeness (QED) is 0.395. The lowest BCUT2D eigenvalue weighted by Crippen LogP contribution is -2.46. The zero-order valence-corrected chi connectivity index (χ0v) is 19.5. The number of esters is 2. The largest absolute Gasteiger partial charge is 0.463 e. The normalized spacial score (nSPS) is 38.6. The lowest BCUT2D eigenvalue weighted by atomic mass is 9.81. The van der Waals surface area contributed by atoms with Gasteiger partial charge in [0, 0.05) is 18.9 Å². The van der Waals surface area contributed by atoms with Gasteiger partial charge in [-0.15, -0.1) is 0 Å². The average Bonchev–Trinajstić information content (AvgIpc) is 3.11. The molecule has 31 heavy (non-hydrogen) atoms. The van der Waals surface area contributed by atoms with Crippen LogP contribution >= 0.6 is 0 Å². The van der Waals surface area contributed by atoms with Crippen molar-refractivity contribution >= 4 is 11.9 Å². The number of aliphatic hydroxyl groups excluding tert-OH is 1. The molecule has 6 atom stereocenters. The van der Waals surface area contributed by atoms with E-state index < -0.39 is 41.5 Å². The van der Waals surface area contributed by atoms with Crippen LogP contribution in [0.5, 0.6) is 0 Å². The van der Waals surface area contributed by atoms with Gasteiger partial charge in [-0.2, -0.15) is 0 Å². The molecular formula is C24H38O7. The number of ether oxygens (including phenoxy) is 3. The summed E-state index contributed by atoms with van der Waals surface area (Å²) >= 11 is 0. The summed E-state index contributed by atoms with van der Waals surface area (Å²) in [6.45, 7) is 12.7. The van der Waals surface area contributed by atoms with Gasteiger partial charge < -0.3 is 24.4 Å². The van der Waals surface area contributed by atoms with E-state index >= 15 is 0 Å². The number of hydrogen-bond donors (Lipinski definition) is 2. The number of fused-ring (bicyclic) bond motifs is 2. The summed E-state index contributed by atoms with van der Waals surface area (Å²) in [6.07, 6.45) is 2.88. The Morgan fingerprint density at radius 1 is 1.29 bits per heavy atom. The van der Waals surface area contributed by atoms with E-state index in [1.165, 1.54) is 6.92 Å². The minimum absolute atomic E-state index is 0.246. The molecule has 0 amide bonds. The van der Waals surface area contributed by atoms with E-state index in [0.717, 1.165) is 5.57 Å². The number of hydrogen-bond acceptors (Lipinski definition) is 7. The molecular weight excluding hydrogens is 400 g/mol. The lowest BCUT2D eigenvalue weighted by molar-refractivity contribution is -0.182. The molecule has 0 unspecified atom stereocenters. The second-order valence-corrected chi connectivity index (χ2v) is 9.33. The molecule has 2 aliphatic rings. The Hall–Kier alpha value is -1.70. The molecule has 0 aromatic rings. The molecule has 1 fully saturated rings. The van der Waals surface area contributed by atoms with E-state index in [1.807, 2.05) is 19.9 Å². The van der Waals surface area contributed by atoms with Gasteiger partial charge in [0.2, 0.25) is 0 Å². The van der Waals surface area contributed by atoms with Crippen LogP contribution in [-0.2, 0) is 23.8 Å². The second kappa shape index (κ2) is 10.3. The van der Waals surface area contributed by atoms with Gasteiger partial charge in [0.25, 0.3) is 0 Å². The van der Waals surface area contributed by atoms with Gasteiger partial charge in [0.15, 0.2) is 0 Å². The molecule has 2 bridgehead atoms. The van der Waals surface area contributed by atoms with Crippen LogP contribution in [0.3, 0.4) is 0 Å². The number of aliphatic hydroxyl groups is 2. The zero-order valence-electron chi connectivity index (χ0n) is 19.5. The van der Waals surface area contributed by atoms with E-state index in [0.29, 0.717) is 37.7 Å². The maximum absolute atomic E-state index is 12.3. The van der Waals surface area contributed by atoms with Crippen molar-refractivity contribution in [1.82, 2.24) is 0 Å². The predicted molar refractivity (Wildman–Crippen MR) is 116 cm³/mol. The molecule has 2 N–H and O–H groups in total. The van der Waals surface area contributed by atoms with Crippen molar-refractivity contribution in [2.45, 2.75) is 103 Å². The molecule has 2 rings (SSSR count). The van der Waals surface area contributed by atoms with Crippen molar-refractivity contribution in [3.63, 3.8) is 0 Å². The highest BCUT2D eigenvalue weighted by molar-refractivity contribution is 5.88. The van der Waals surface area contributed by atoms with Crippen LogP contribution in [0, 0.1) is 5.92 Å². The zero-order chi connectivity index (χ0) is 23.4. The molecule has 0 saturated carbocycles. The summed E-state index contributed by atoms with van der Waals surface area (Å²) in [4.78, 5) is 24.0.